The number of rotatable bonds is 7. The van der Waals surface area contributed by atoms with Gasteiger partial charge < -0.3 is 15.5 Å². The highest BCUT2D eigenvalue weighted by Crippen LogP contribution is 2.17. The Bertz CT molecular complexity index is 691. The van der Waals surface area contributed by atoms with Crippen molar-refractivity contribution in [2.24, 2.45) is 0 Å². The monoisotopic (exact) mass is 335 g/mol. The summed E-state index contributed by atoms with van der Waals surface area (Å²) in [6.45, 7) is 1.43. The van der Waals surface area contributed by atoms with Gasteiger partial charge in [-0.15, -0.1) is 10.2 Å². The molecule has 0 unspecified atom stereocenters. The Morgan fingerprint density at radius 2 is 1.92 bits per heavy atom. The molecule has 0 atom stereocenters. The lowest BCUT2D eigenvalue weighted by atomic mass is 10.3. The van der Waals surface area contributed by atoms with Gasteiger partial charge in [0.15, 0.2) is 23.1 Å². The SMILES string of the molecule is CN(C)CCCNC(=O)c1ccc(Nc2ccc(F)c(F)c2)nn1. The van der Waals surface area contributed by atoms with Crippen LogP contribution in [0.5, 0.6) is 0 Å². The third-order valence-corrected chi connectivity index (χ3v) is 3.16. The van der Waals surface area contributed by atoms with E-state index in [1.54, 1.807) is 6.07 Å². The van der Waals surface area contributed by atoms with Crippen LogP contribution in [0.25, 0.3) is 0 Å². The highest BCUT2D eigenvalue weighted by atomic mass is 19.2. The zero-order valence-corrected chi connectivity index (χ0v) is 13.5. The molecule has 0 saturated heterocycles. The molecule has 0 fully saturated rings. The van der Waals surface area contributed by atoms with Crippen LogP contribution in [0.4, 0.5) is 20.3 Å². The Labute approximate surface area is 138 Å². The summed E-state index contributed by atoms with van der Waals surface area (Å²) in [5.41, 5.74) is 0.528. The van der Waals surface area contributed by atoms with Gasteiger partial charge in [0.2, 0.25) is 0 Å². The molecule has 2 aromatic rings. The molecule has 0 saturated carbocycles. The fraction of sp³-hybridized carbons (Fsp3) is 0.312. The van der Waals surface area contributed by atoms with Crippen molar-refractivity contribution in [2.75, 3.05) is 32.5 Å². The van der Waals surface area contributed by atoms with Crippen LogP contribution in [-0.2, 0) is 0 Å². The van der Waals surface area contributed by atoms with Crippen LogP contribution < -0.4 is 10.6 Å². The fourth-order valence-electron chi connectivity index (χ4n) is 1.93. The standard InChI is InChI=1S/C16H19F2N5O/c1-23(2)9-3-8-19-16(24)14-6-7-15(22-21-14)20-11-4-5-12(17)13(18)10-11/h4-7,10H,3,8-9H2,1-2H3,(H,19,24)(H,20,22). The predicted octanol–water partition coefficient (Wildman–Crippen LogP) is 2.18. The lowest BCUT2D eigenvalue weighted by molar-refractivity contribution is 0.0946. The molecular weight excluding hydrogens is 316 g/mol. The third kappa shape index (κ3) is 5.24. The van der Waals surface area contributed by atoms with Crippen molar-refractivity contribution in [1.82, 2.24) is 20.4 Å². The molecule has 0 aliphatic heterocycles. The summed E-state index contributed by atoms with van der Waals surface area (Å²) in [7, 11) is 3.93. The number of hydrogen-bond donors (Lipinski definition) is 2. The number of nitrogens with one attached hydrogen (secondary N) is 2. The van der Waals surface area contributed by atoms with Crippen LogP contribution in [0.1, 0.15) is 16.9 Å². The molecule has 0 aliphatic carbocycles. The first-order chi connectivity index (χ1) is 11.5. The van der Waals surface area contributed by atoms with Crippen LogP contribution in [-0.4, -0.2) is 48.2 Å². The van der Waals surface area contributed by atoms with Gasteiger partial charge in [-0.05, 0) is 51.3 Å². The molecule has 1 heterocycles. The smallest absolute Gasteiger partial charge is 0.271 e. The second kappa shape index (κ2) is 8.30. The second-order valence-electron chi connectivity index (χ2n) is 5.47. The summed E-state index contributed by atoms with van der Waals surface area (Å²) < 4.78 is 26.0. The maximum absolute atomic E-state index is 13.1. The van der Waals surface area contributed by atoms with Crippen molar-refractivity contribution < 1.29 is 13.6 Å². The van der Waals surface area contributed by atoms with E-state index in [9.17, 15) is 13.6 Å². The molecule has 1 aromatic heterocycles. The number of aromatic nitrogens is 2. The molecular formula is C16H19F2N5O. The van der Waals surface area contributed by atoms with Gasteiger partial charge in [0.25, 0.3) is 5.91 Å². The average Bonchev–Trinajstić information content (AvgIpc) is 2.55. The van der Waals surface area contributed by atoms with Crippen molar-refractivity contribution in [3.8, 4) is 0 Å². The van der Waals surface area contributed by atoms with E-state index in [2.05, 4.69) is 20.8 Å². The molecule has 0 spiro atoms. The summed E-state index contributed by atoms with van der Waals surface area (Å²) in [4.78, 5) is 13.9. The van der Waals surface area contributed by atoms with E-state index in [0.29, 0.717) is 18.1 Å². The first-order valence-electron chi connectivity index (χ1n) is 7.44. The Hall–Kier alpha value is -2.61. The van der Waals surface area contributed by atoms with Gasteiger partial charge in [-0.1, -0.05) is 0 Å². The van der Waals surface area contributed by atoms with Gasteiger partial charge >= 0.3 is 0 Å². The summed E-state index contributed by atoms with van der Waals surface area (Å²) >= 11 is 0. The number of hydrogen-bond acceptors (Lipinski definition) is 5. The highest BCUT2D eigenvalue weighted by molar-refractivity contribution is 5.92. The van der Waals surface area contributed by atoms with Crippen LogP contribution in [0.3, 0.4) is 0 Å². The summed E-state index contributed by atoms with van der Waals surface area (Å²) in [6.07, 6.45) is 0.835. The minimum Gasteiger partial charge on any atom is -0.351 e. The molecule has 2 rings (SSSR count). The second-order valence-corrected chi connectivity index (χ2v) is 5.47. The van der Waals surface area contributed by atoms with E-state index in [1.165, 1.54) is 12.1 Å². The first-order valence-corrected chi connectivity index (χ1v) is 7.44. The lowest BCUT2D eigenvalue weighted by Crippen LogP contribution is -2.28. The van der Waals surface area contributed by atoms with Crippen molar-refractivity contribution in [3.63, 3.8) is 0 Å². The van der Waals surface area contributed by atoms with E-state index in [4.69, 9.17) is 0 Å². The predicted molar refractivity (Wildman–Crippen MR) is 87.2 cm³/mol. The topological polar surface area (TPSA) is 70.2 Å². The maximum Gasteiger partial charge on any atom is 0.271 e. The summed E-state index contributed by atoms with van der Waals surface area (Å²) in [6, 6.07) is 6.47. The van der Waals surface area contributed by atoms with E-state index in [0.717, 1.165) is 25.1 Å². The van der Waals surface area contributed by atoms with Crippen molar-refractivity contribution in [2.45, 2.75) is 6.42 Å². The number of carbonyl (C=O) groups excluding carboxylic acids is 1. The lowest BCUT2D eigenvalue weighted by Gasteiger charge is -2.09. The fourth-order valence-corrected chi connectivity index (χ4v) is 1.93. The Morgan fingerprint density at radius 3 is 2.54 bits per heavy atom. The van der Waals surface area contributed by atoms with Crippen LogP contribution >= 0.6 is 0 Å². The van der Waals surface area contributed by atoms with E-state index >= 15 is 0 Å². The molecule has 128 valence electrons. The highest BCUT2D eigenvalue weighted by Gasteiger charge is 2.08. The number of halogens is 2. The van der Waals surface area contributed by atoms with Crippen molar-refractivity contribution in [3.05, 3.63) is 47.7 Å². The molecule has 24 heavy (non-hydrogen) atoms. The normalized spacial score (nSPS) is 10.7. The molecule has 6 nitrogen and oxygen atoms in total. The third-order valence-electron chi connectivity index (χ3n) is 3.16. The van der Waals surface area contributed by atoms with E-state index in [1.807, 2.05) is 19.0 Å². The molecule has 0 radical (unpaired) electrons. The van der Waals surface area contributed by atoms with Crippen LogP contribution in [0.15, 0.2) is 30.3 Å². The van der Waals surface area contributed by atoms with Crippen LogP contribution in [0.2, 0.25) is 0 Å². The molecule has 1 amide bonds. The number of amides is 1. The summed E-state index contributed by atoms with van der Waals surface area (Å²) in [5, 5.41) is 13.2. The number of benzene rings is 1. The Kier molecular flexibility index (Phi) is 6.14. The minimum absolute atomic E-state index is 0.190. The summed E-state index contributed by atoms with van der Waals surface area (Å²) in [5.74, 6) is -1.86. The molecule has 0 bridgehead atoms. The Balaban J connectivity index is 1.90. The van der Waals surface area contributed by atoms with Gasteiger partial charge in [-0.25, -0.2) is 8.78 Å². The first kappa shape index (κ1) is 17.7. The zero-order valence-electron chi connectivity index (χ0n) is 13.5. The maximum atomic E-state index is 13.1. The minimum atomic E-state index is -0.957. The van der Waals surface area contributed by atoms with E-state index < -0.39 is 11.6 Å². The zero-order chi connectivity index (χ0) is 17.5. The number of anilines is 2. The molecule has 8 heteroatoms. The Morgan fingerprint density at radius 1 is 1.12 bits per heavy atom. The van der Waals surface area contributed by atoms with Gasteiger partial charge in [0, 0.05) is 18.3 Å². The van der Waals surface area contributed by atoms with E-state index in [-0.39, 0.29) is 11.6 Å². The molecule has 1 aromatic carbocycles. The number of carbonyl (C=O) groups is 1. The van der Waals surface area contributed by atoms with Gasteiger partial charge in [-0.2, -0.15) is 0 Å². The quantitative estimate of drug-likeness (QED) is 0.759. The van der Waals surface area contributed by atoms with Gasteiger partial charge in [0.05, 0.1) is 0 Å². The van der Waals surface area contributed by atoms with Crippen LogP contribution in [0, 0.1) is 11.6 Å². The molecule has 2 N–H and O–H groups in total. The van der Waals surface area contributed by atoms with Crippen molar-refractivity contribution >= 4 is 17.4 Å². The van der Waals surface area contributed by atoms with Gasteiger partial charge in [0.1, 0.15) is 0 Å². The van der Waals surface area contributed by atoms with Crippen molar-refractivity contribution in [1.29, 1.82) is 0 Å². The van der Waals surface area contributed by atoms with Gasteiger partial charge in [-0.3, -0.25) is 4.79 Å². The molecule has 0 aliphatic rings. The largest absolute Gasteiger partial charge is 0.351 e. The number of nitrogens with zero attached hydrogens (tertiary/aromatic N) is 3. The average molecular weight is 335 g/mol.